The van der Waals surface area contributed by atoms with Gasteiger partial charge in [0.05, 0.1) is 35.0 Å². The zero-order valence-corrected chi connectivity index (χ0v) is 13.6. The van der Waals surface area contributed by atoms with Crippen LogP contribution in [-0.2, 0) is 6.54 Å². The van der Waals surface area contributed by atoms with Crippen molar-refractivity contribution in [2.45, 2.75) is 6.54 Å². The summed E-state index contributed by atoms with van der Waals surface area (Å²) in [6.07, 6.45) is 4.94. The second-order valence-corrected chi connectivity index (χ2v) is 5.68. The third kappa shape index (κ3) is 3.14. The van der Waals surface area contributed by atoms with Crippen LogP contribution in [0.4, 0.5) is 16.0 Å². The van der Waals surface area contributed by atoms with Gasteiger partial charge in [-0.05, 0) is 42.5 Å². The number of anilines is 2. The molecule has 4 aromatic rings. The van der Waals surface area contributed by atoms with Gasteiger partial charge in [0.1, 0.15) is 5.82 Å². The van der Waals surface area contributed by atoms with Crippen molar-refractivity contribution in [3.05, 3.63) is 89.0 Å². The molecule has 0 amide bonds. The van der Waals surface area contributed by atoms with Crippen LogP contribution in [0.5, 0.6) is 0 Å². The summed E-state index contributed by atoms with van der Waals surface area (Å²) >= 11 is 0. The summed E-state index contributed by atoms with van der Waals surface area (Å²) in [7, 11) is 0. The minimum absolute atomic E-state index is 0.210. The van der Waals surface area contributed by atoms with E-state index >= 15 is 0 Å². The van der Waals surface area contributed by atoms with E-state index in [1.54, 1.807) is 30.7 Å². The third-order valence-corrected chi connectivity index (χ3v) is 3.88. The first kappa shape index (κ1) is 15.9. The molecular weight excluding hydrogens is 333 g/mol. The van der Waals surface area contributed by atoms with Crippen molar-refractivity contribution in [2.75, 3.05) is 5.32 Å². The van der Waals surface area contributed by atoms with Gasteiger partial charge in [0.15, 0.2) is 0 Å². The maximum atomic E-state index is 13.6. The highest BCUT2D eigenvalue weighted by atomic mass is 19.1. The minimum Gasteiger partial charge on any atom is -0.324 e. The molecule has 128 valence electrons. The van der Waals surface area contributed by atoms with Gasteiger partial charge in [-0.25, -0.2) is 9.37 Å². The largest absolute Gasteiger partial charge is 0.324 e. The lowest BCUT2D eigenvalue weighted by molar-refractivity contribution is 0.629. The smallest absolute Gasteiger partial charge is 0.263 e. The zero-order valence-electron chi connectivity index (χ0n) is 13.6. The Morgan fingerprint density at radius 3 is 2.77 bits per heavy atom. The minimum atomic E-state index is -0.478. The standard InChI is InChI=1S/C19H14FN5O/c20-13-6-7-17-16(10-13)18(26)25(12-15-4-1-2-9-22-15)19(24-17)23-14-5-3-8-21-11-14/h1-11H,12H2,(H,23,24). The van der Waals surface area contributed by atoms with Gasteiger partial charge in [0, 0.05) is 12.4 Å². The average Bonchev–Trinajstić information content (AvgIpc) is 2.67. The van der Waals surface area contributed by atoms with Crippen LogP contribution in [0.15, 0.2) is 71.9 Å². The number of fused-ring (bicyclic) bond motifs is 1. The summed E-state index contributed by atoms with van der Waals surface area (Å²) in [6.45, 7) is 0.210. The maximum absolute atomic E-state index is 13.6. The first-order valence-electron chi connectivity index (χ1n) is 7.98. The highest BCUT2D eigenvalue weighted by Gasteiger charge is 2.13. The van der Waals surface area contributed by atoms with Crippen LogP contribution in [0.2, 0.25) is 0 Å². The van der Waals surface area contributed by atoms with Crippen LogP contribution in [0.3, 0.4) is 0 Å². The topological polar surface area (TPSA) is 72.7 Å². The predicted molar refractivity (Wildman–Crippen MR) is 96.8 cm³/mol. The van der Waals surface area contributed by atoms with Crippen molar-refractivity contribution in [3.63, 3.8) is 0 Å². The zero-order chi connectivity index (χ0) is 17.9. The summed E-state index contributed by atoms with van der Waals surface area (Å²) in [5, 5.41) is 3.33. The Balaban J connectivity index is 1.88. The second kappa shape index (κ2) is 6.72. The van der Waals surface area contributed by atoms with Gasteiger partial charge in [-0.15, -0.1) is 0 Å². The summed E-state index contributed by atoms with van der Waals surface area (Å²) in [5.74, 6) is -0.137. The Bertz CT molecular complexity index is 1110. The molecule has 6 nitrogen and oxygen atoms in total. The molecule has 1 N–H and O–H groups in total. The van der Waals surface area contributed by atoms with E-state index in [1.165, 1.54) is 22.8 Å². The van der Waals surface area contributed by atoms with Crippen LogP contribution in [0, 0.1) is 5.82 Å². The first-order valence-corrected chi connectivity index (χ1v) is 7.98. The molecule has 1 aromatic carbocycles. The number of hydrogen-bond acceptors (Lipinski definition) is 5. The highest BCUT2D eigenvalue weighted by Crippen LogP contribution is 2.17. The fourth-order valence-electron chi connectivity index (χ4n) is 2.65. The van der Waals surface area contributed by atoms with E-state index in [1.807, 2.05) is 18.2 Å². The quantitative estimate of drug-likeness (QED) is 0.614. The number of nitrogens with one attached hydrogen (secondary N) is 1. The summed E-state index contributed by atoms with van der Waals surface area (Å²) in [6, 6.07) is 13.0. The van der Waals surface area contributed by atoms with Gasteiger partial charge in [-0.3, -0.25) is 19.3 Å². The lowest BCUT2D eigenvalue weighted by atomic mass is 10.2. The molecule has 4 rings (SSSR count). The molecule has 7 heteroatoms. The molecule has 0 saturated heterocycles. The Labute approximate surface area is 148 Å². The number of rotatable bonds is 4. The van der Waals surface area contributed by atoms with Crippen molar-refractivity contribution < 1.29 is 4.39 Å². The molecule has 0 fully saturated rings. The Kier molecular flexibility index (Phi) is 4.10. The molecule has 0 aliphatic heterocycles. The fraction of sp³-hybridized carbons (Fsp3) is 0.0526. The summed E-state index contributed by atoms with van der Waals surface area (Å²) < 4.78 is 15.1. The fourth-order valence-corrected chi connectivity index (χ4v) is 2.65. The molecule has 26 heavy (non-hydrogen) atoms. The van der Waals surface area contributed by atoms with Gasteiger partial charge >= 0.3 is 0 Å². The molecule has 3 aromatic heterocycles. The highest BCUT2D eigenvalue weighted by molar-refractivity contribution is 5.79. The van der Waals surface area contributed by atoms with Crippen molar-refractivity contribution in [2.24, 2.45) is 0 Å². The van der Waals surface area contributed by atoms with E-state index in [9.17, 15) is 9.18 Å². The maximum Gasteiger partial charge on any atom is 0.263 e. The van der Waals surface area contributed by atoms with Gasteiger partial charge < -0.3 is 5.32 Å². The molecule has 0 aliphatic rings. The van der Waals surface area contributed by atoms with E-state index in [4.69, 9.17) is 0 Å². The normalized spacial score (nSPS) is 10.8. The Morgan fingerprint density at radius 1 is 1.08 bits per heavy atom. The number of benzene rings is 1. The van der Waals surface area contributed by atoms with Crippen LogP contribution >= 0.6 is 0 Å². The predicted octanol–water partition coefficient (Wildman–Crippen LogP) is 3.12. The first-order chi connectivity index (χ1) is 12.7. The average molecular weight is 347 g/mol. The van der Waals surface area contributed by atoms with Gasteiger partial charge in [-0.1, -0.05) is 6.07 Å². The lowest BCUT2D eigenvalue weighted by Crippen LogP contribution is -2.25. The van der Waals surface area contributed by atoms with E-state index in [-0.39, 0.29) is 17.5 Å². The molecule has 0 atom stereocenters. The van der Waals surface area contributed by atoms with Crippen molar-refractivity contribution in [1.82, 2.24) is 19.5 Å². The van der Waals surface area contributed by atoms with Crippen molar-refractivity contribution in [1.29, 1.82) is 0 Å². The molecule has 0 saturated carbocycles. The number of halogens is 1. The van der Waals surface area contributed by atoms with Gasteiger partial charge in [0.25, 0.3) is 5.56 Å². The van der Waals surface area contributed by atoms with E-state index in [0.717, 1.165) is 0 Å². The monoisotopic (exact) mass is 347 g/mol. The van der Waals surface area contributed by atoms with Crippen LogP contribution < -0.4 is 10.9 Å². The van der Waals surface area contributed by atoms with Gasteiger partial charge in [0.2, 0.25) is 5.95 Å². The molecule has 3 heterocycles. The number of pyridine rings is 2. The molecule has 0 radical (unpaired) electrons. The van der Waals surface area contributed by atoms with Crippen molar-refractivity contribution in [3.8, 4) is 0 Å². The summed E-state index contributed by atoms with van der Waals surface area (Å²) in [5.41, 5.74) is 1.46. The Morgan fingerprint density at radius 2 is 2.00 bits per heavy atom. The molecule has 0 aliphatic carbocycles. The van der Waals surface area contributed by atoms with Crippen LogP contribution in [0.1, 0.15) is 5.69 Å². The Hall–Kier alpha value is -3.61. The molecule has 0 unspecified atom stereocenters. The number of nitrogens with zero attached hydrogens (tertiary/aromatic N) is 4. The van der Waals surface area contributed by atoms with Gasteiger partial charge in [-0.2, -0.15) is 0 Å². The van der Waals surface area contributed by atoms with E-state index < -0.39 is 5.82 Å². The van der Waals surface area contributed by atoms with Crippen LogP contribution in [0.25, 0.3) is 10.9 Å². The lowest BCUT2D eigenvalue weighted by Gasteiger charge is -2.14. The van der Waals surface area contributed by atoms with E-state index in [2.05, 4.69) is 20.3 Å². The molecule has 0 bridgehead atoms. The second-order valence-electron chi connectivity index (χ2n) is 5.68. The number of aromatic nitrogens is 4. The summed E-state index contributed by atoms with van der Waals surface area (Å²) in [4.78, 5) is 25.8. The molecular formula is C19H14FN5O. The SMILES string of the molecule is O=c1c2cc(F)ccc2nc(Nc2cccnc2)n1Cc1ccccn1. The van der Waals surface area contributed by atoms with Crippen molar-refractivity contribution >= 4 is 22.5 Å². The molecule has 0 spiro atoms. The number of hydrogen-bond donors (Lipinski definition) is 1. The third-order valence-electron chi connectivity index (χ3n) is 3.88. The van der Waals surface area contributed by atoms with E-state index in [0.29, 0.717) is 22.8 Å². The van der Waals surface area contributed by atoms with Crippen LogP contribution in [-0.4, -0.2) is 19.5 Å².